The summed E-state index contributed by atoms with van der Waals surface area (Å²) >= 11 is 0. The molecule has 156 valence electrons. The fourth-order valence-electron chi connectivity index (χ4n) is 4.41. The van der Waals surface area contributed by atoms with Crippen LogP contribution in [0.5, 0.6) is 0 Å². The van der Waals surface area contributed by atoms with Gasteiger partial charge in [0.15, 0.2) is 0 Å². The molecule has 3 heterocycles. The van der Waals surface area contributed by atoms with Crippen molar-refractivity contribution < 1.29 is 14.5 Å². The van der Waals surface area contributed by atoms with E-state index in [1.165, 1.54) is 6.07 Å². The van der Waals surface area contributed by atoms with E-state index in [1.807, 2.05) is 18.7 Å². The minimum atomic E-state index is -0.388. The van der Waals surface area contributed by atoms with Crippen LogP contribution in [0.2, 0.25) is 0 Å². The van der Waals surface area contributed by atoms with E-state index in [0.717, 1.165) is 36.8 Å². The zero-order chi connectivity index (χ0) is 20.5. The van der Waals surface area contributed by atoms with Gasteiger partial charge < -0.3 is 9.64 Å². The topological polar surface area (TPSA) is 93.7 Å². The number of morpholine rings is 1. The smallest absolute Gasteiger partial charge is 0.271 e. The van der Waals surface area contributed by atoms with Gasteiger partial charge in [0.2, 0.25) is 5.91 Å². The first-order chi connectivity index (χ1) is 13.9. The van der Waals surface area contributed by atoms with Crippen molar-refractivity contribution in [1.29, 1.82) is 0 Å². The lowest BCUT2D eigenvalue weighted by Gasteiger charge is -2.39. The van der Waals surface area contributed by atoms with E-state index in [9.17, 15) is 14.9 Å². The highest BCUT2D eigenvalue weighted by Crippen LogP contribution is 2.24. The first-order valence-electron chi connectivity index (χ1n) is 10.2. The lowest BCUT2D eigenvalue weighted by Crippen LogP contribution is -2.51. The molecule has 0 spiro atoms. The Morgan fingerprint density at radius 3 is 2.59 bits per heavy atom. The van der Waals surface area contributed by atoms with Crippen LogP contribution in [-0.4, -0.2) is 68.8 Å². The van der Waals surface area contributed by atoms with Crippen LogP contribution in [0, 0.1) is 16.0 Å². The molecule has 0 bridgehead atoms. The summed E-state index contributed by atoms with van der Waals surface area (Å²) in [7, 11) is 0. The van der Waals surface area contributed by atoms with Crippen molar-refractivity contribution in [2.45, 2.75) is 45.6 Å². The Balaban J connectivity index is 1.37. The van der Waals surface area contributed by atoms with E-state index in [4.69, 9.17) is 4.74 Å². The number of likely N-dealkylation sites (tertiary alicyclic amines) is 1. The highest BCUT2D eigenvalue weighted by atomic mass is 16.6. The summed E-state index contributed by atoms with van der Waals surface area (Å²) in [6.07, 6.45) is 3.53. The maximum Gasteiger partial charge on any atom is 0.271 e. The van der Waals surface area contributed by atoms with E-state index in [0.29, 0.717) is 19.8 Å². The van der Waals surface area contributed by atoms with Crippen LogP contribution >= 0.6 is 0 Å². The van der Waals surface area contributed by atoms with Crippen molar-refractivity contribution in [1.82, 2.24) is 19.6 Å². The van der Waals surface area contributed by atoms with Gasteiger partial charge in [-0.05, 0) is 32.8 Å². The van der Waals surface area contributed by atoms with Gasteiger partial charge in [-0.25, -0.2) is 0 Å². The van der Waals surface area contributed by atoms with Gasteiger partial charge in [0, 0.05) is 49.6 Å². The summed E-state index contributed by atoms with van der Waals surface area (Å²) < 4.78 is 7.54. The van der Waals surface area contributed by atoms with Gasteiger partial charge in [0.05, 0.1) is 35.5 Å². The highest BCUT2D eigenvalue weighted by Gasteiger charge is 2.32. The molecule has 2 aliphatic rings. The zero-order valence-corrected chi connectivity index (χ0v) is 16.9. The Kier molecular flexibility index (Phi) is 5.51. The summed E-state index contributed by atoms with van der Waals surface area (Å²) in [5.74, 6) is 0.297. The van der Waals surface area contributed by atoms with E-state index < -0.39 is 0 Å². The Hall–Kier alpha value is -2.52. The van der Waals surface area contributed by atoms with Crippen LogP contribution in [-0.2, 0) is 16.2 Å². The molecule has 4 rings (SSSR count). The van der Waals surface area contributed by atoms with Crippen LogP contribution in [0.4, 0.5) is 5.69 Å². The monoisotopic (exact) mass is 401 g/mol. The average molecular weight is 401 g/mol. The summed E-state index contributed by atoms with van der Waals surface area (Å²) in [4.78, 5) is 27.8. The number of hydrogen-bond donors (Lipinski definition) is 0. The van der Waals surface area contributed by atoms with Crippen molar-refractivity contribution in [2.75, 3.05) is 26.2 Å². The number of benzene rings is 1. The fraction of sp³-hybridized carbons (Fsp3) is 0.600. The second-order valence-corrected chi connectivity index (χ2v) is 8.18. The van der Waals surface area contributed by atoms with Crippen molar-refractivity contribution >= 4 is 22.5 Å². The standard InChI is InChI=1S/C20H27N5O4/c1-14-11-23(12-15(2)29-14)20(26)16-5-7-22(8-6-16)13-24-19-9-18(25(27)28)4-3-17(19)10-21-24/h3-4,9-10,14-16H,5-8,11-13H2,1-2H3/t14-,15+. The fourth-order valence-corrected chi connectivity index (χ4v) is 4.41. The van der Waals surface area contributed by atoms with Crippen LogP contribution in [0.25, 0.3) is 10.9 Å². The number of ether oxygens (including phenoxy) is 1. The molecule has 0 N–H and O–H groups in total. The molecular weight excluding hydrogens is 374 g/mol. The van der Waals surface area contributed by atoms with Crippen molar-refractivity contribution in [3.05, 3.63) is 34.5 Å². The molecule has 9 heteroatoms. The first kappa shape index (κ1) is 19.8. The molecule has 1 aromatic carbocycles. The molecule has 2 aliphatic heterocycles. The van der Waals surface area contributed by atoms with E-state index in [2.05, 4.69) is 10.00 Å². The zero-order valence-electron chi connectivity index (χ0n) is 16.9. The molecule has 1 amide bonds. The molecule has 29 heavy (non-hydrogen) atoms. The summed E-state index contributed by atoms with van der Waals surface area (Å²) in [6, 6.07) is 4.80. The molecule has 1 aromatic heterocycles. The average Bonchev–Trinajstić information content (AvgIpc) is 3.09. The minimum absolute atomic E-state index is 0.0548. The Bertz CT molecular complexity index is 895. The van der Waals surface area contributed by atoms with Crippen LogP contribution in [0.15, 0.2) is 24.4 Å². The number of amides is 1. The molecule has 0 radical (unpaired) electrons. The van der Waals surface area contributed by atoms with Gasteiger partial charge in [-0.15, -0.1) is 0 Å². The van der Waals surface area contributed by atoms with Gasteiger partial charge in [-0.2, -0.15) is 5.10 Å². The van der Waals surface area contributed by atoms with Crippen molar-refractivity contribution in [3.63, 3.8) is 0 Å². The van der Waals surface area contributed by atoms with Gasteiger partial charge in [-0.3, -0.25) is 24.5 Å². The number of piperidine rings is 1. The largest absolute Gasteiger partial charge is 0.372 e. The van der Waals surface area contributed by atoms with Crippen molar-refractivity contribution in [2.24, 2.45) is 5.92 Å². The van der Waals surface area contributed by atoms with E-state index in [1.54, 1.807) is 23.0 Å². The Morgan fingerprint density at radius 2 is 1.93 bits per heavy atom. The number of aromatic nitrogens is 2. The van der Waals surface area contributed by atoms with Gasteiger partial charge in [0.25, 0.3) is 5.69 Å². The van der Waals surface area contributed by atoms with Crippen LogP contribution in [0.1, 0.15) is 26.7 Å². The molecule has 0 saturated carbocycles. The number of hydrogen-bond acceptors (Lipinski definition) is 6. The number of fused-ring (bicyclic) bond motifs is 1. The number of non-ortho nitro benzene ring substituents is 1. The molecule has 2 atom stereocenters. The van der Waals surface area contributed by atoms with Gasteiger partial charge in [-0.1, -0.05) is 0 Å². The third-order valence-corrected chi connectivity index (χ3v) is 5.84. The maximum absolute atomic E-state index is 12.9. The van der Waals surface area contributed by atoms with Crippen LogP contribution < -0.4 is 0 Å². The molecule has 2 aromatic rings. The third kappa shape index (κ3) is 4.25. The summed E-state index contributed by atoms with van der Waals surface area (Å²) in [5, 5.41) is 16.3. The molecular formula is C20H27N5O4. The number of carbonyl (C=O) groups excluding carboxylic acids is 1. The van der Waals surface area contributed by atoms with Gasteiger partial charge >= 0.3 is 0 Å². The third-order valence-electron chi connectivity index (χ3n) is 5.84. The predicted molar refractivity (Wildman–Crippen MR) is 107 cm³/mol. The molecule has 0 unspecified atom stereocenters. The number of nitrogens with zero attached hydrogens (tertiary/aromatic N) is 5. The molecule has 2 saturated heterocycles. The lowest BCUT2D eigenvalue weighted by atomic mass is 9.95. The number of nitro groups is 1. The second kappa shape index (κ2) is 8.08. The molecule has 0 aliphatic carbocycles. The van der Waals surface area contributed by atoms with E-state index >= 15 is 0 Å². The Morgan fingerprint density at radius 1 is 1.24 bits per heavy atom. The quantitative estimate of drug-likeness (QED) is 0.576. The van der Waals surface area contributed by atoms with E-state index in [-0.39, 0.29) is 34.6 Å². The van der Waals surface area contributed by atoms with Gasteiger partial charge in [0.1, 0.15) is 0 Å². The molecule has 2 fully saturated rings. The number of nitro benzene ring substituents is 1. The summed E-state index contributed by atoms with van der Waals surface area (Å²) in [5.41, 5.74) is 0.825. The normalized spacial score (nSPS) is 24.1. The predicted octanol–water partition coefficient (Wildman–Crippen LogP) is 2.25. The lowest BCUT2D eigenvalue weighted by molar-refractivity contribution is -0.384. The number of carbonyl (C=O) groups is 1. The highest BCUT2D eigenvalue weighted by molar-refractivity contribution is 5.81. The molecule has 9 nitrogen and oxygen atoms in total. The first-order valence-corrected chi connectivity index (χ1v) is 10.2. The number of rotatable bonds is 4. The maximum atomic E-state index is 12.9. The Labute approximate surface area is 169 Å². The van der Waals surface area contributed by atoms with Crippen LogP contribution in [0.3, 0.4) is 0 Å². The van der Waals surface area contributed by atoms with Crippen molar-refractivity contribution in [3.8, 4) is 0 Å². The summed E-state index contributed by atoms with van der Waals surface area (Å²) in [6.45, 7) is 7.54. The minimum Gasteiger partial charge on any atom is -0.372 e. The SMILES string of the molecule is C[C@@H]1CN(C(=O)C2CCN(Cn3ncc4ccc([N+](=O)[O-])cc43)CC2)C[C@H](C)O1. The second-order valence-electron chi connectivity index (χ2n) is 8.18.